The SMILES string of the molecule is CC(C)c1ccc(-c2cccc3c2C(=O)C(=O)c2ccccc2-3)cc1. The van der Waals surface area contributed by atoms with Crippen molar-refractivity contribution in [1.82, 2.24) is 0 Å². The van der Waals surface area contributed by atoms with Gasteiger partial charge in [0.2, 0.25) is 11.6 Å². The Morgan fingerprint density at radius 3 is 1.88 bits per heavy atom. The van der Waals surface area contributed by atoms with Gasteiger partial charge in [-0.05, 0) is 33.7 Å². The van der Waals surface area contributed by atoms with Crippen LogP contribution in [0.3, 0.4) is 0 Å². The summed E-state index contributed by atoms with van der Waals surface area (Å²) in [4.78, 5) is 25.4. The average Bonchev–Trinajstić information content (AvgIpc) is 2.65. The smallest absolute Gasteiger partial charge is 0.234 e. The molecule has 3 aromatic carbocycles. The number of Topliss-reactive ketones (excluding diaryl/α,β-unsaturated/α-hetero) is 2. The number of benzene rings is 3. The molecule has 0 radical (unpaired) electrons. The van der Waals surface area contributed by atoms with Gasteiger partial charge in [0.05, 0.1) is 0 Å². The van der Waals surface area contributed by atoms with Gasteiger partial charge in [0, 0.05) is 11.1 Å². The van der Waals surface area contributed by atoms with Crippen molar-refractivity contribution in [3.05, 3.63) is 83.4 Å². The highest BCUT2D eigenvalue weighted by Crippen LogP contribution is 2.38. The van der Waals surface area contributed by atoms with Crippen LogP contribution in [-0.2, 0) is 0 Å². The molecule has 1 aliphatic rings. The van der Waals surface area contributed by atoms with Crippen molar-refractivity contribution >= 4 is 11.6 Å². The van der Waals surface area contributed by atoms with Crippen molar-refractivity contribution in [2.45, 2.75) is 19.8 Å². The van der Waals surface area contributed by atoms with Crippen molar-refractivity contribution in [3.8, 4) is 22.3 Å². The summed E-state index contributed by atoms with van der Waals surface area (Å²) in [5.41, 5.74) is 5.72. The molecule has 2 heteroatoms. The van der Waals surface area contributed by atoms with Gasteiger partial charge in [-0.2, -0.15) is 0 Å². The van der Waals surface area contributed by atoms with E-state index in [1.807, 2.05) is 42.5 Å². The maximum absolute atomic E-state index is 12.8. The highest BCUT2D eigenvalue weighted by molar-refractivity contribution is 6.53. The van der Waals surface area contributed by atoms with Gasteiger partial charge in [0.15, 0.2) is 0 Å². The quantitative estimate of drug-likeness (QED) is 0.581. The summed E-state index contributed by atoms with van der Waals surface area (Å²) in [6.45, 7) is 4.30. The van der Waals surface area contributed by atoms with E-state index in [-0.39, 0.29) is 0 Å². The molecule has 122 valence electrons. The fraction of sp³-hybridized carbons (Fsp3) is 0.130. The lowest BCUT2D eigenvalue weighted by molar-refractivity contribution is 0.0815. The van der Waals surface area contributed by atoms with E-state index in [2.05, 4.69) is 26.0 Å². The van der Waals surface area contributed by atoms with E-state index >= 15 is 0 Å². The zero-order valence-corrected chi connectivity index (χ0v) is 14.2. The predicted octanol–water partition coefficient (Wildman–Crippen LogP) is 5.52. The monoisotopic (exact) mass is 326 g/mol. The lowest BCUT2D eigenvalue weighted by Gasteiger charge is -2.20. The third-order valence-electron chi connectivity index (χ3n) is 4.85. The minimum Gasteiger partial charge on any atom is -0.285 e. The first-order chi connectivity index (χ1) is 12.1. The van der Waals surface area contributed by atoms with Crippen LogP contribution >= 0.6 is 0 Å². The minimum absolute atomic E-state index is 0.419. The molecule has 0 fully saturated rings. The first-order valence-electron chi connectivity index (χ1n) is 8.49. The molecule has 2 nitrogen and oxygen atoms in total. The zero-order chi connectivity index (χ0) is 17.6. The fourth-order valence-corrected chi connectivity index (χ4v) is 3.46. The summed E-state index contributed by atoms with van der Waals surface area (Å²) >= 11 is 0. The van der Waals surface area contributed by atoms with Crippen LogP contribution in [0.2, 0.25) is 0 Å². The Balaban J connectivity index is 1.94. The first kappa shape index (κ1) is 15.5. The van der Waals surface area contributed by atoms with Gasteiger partial charge in [-0.15, -0.1) is 0 Å². The second-order valence-corrected chi connectivity index (χ2v) is 6.71. The van der Waals surface area contributed by atoms with Gasteiger partial charge in [-0.1, -0.05) is 80.6 Å². The number of hydrogen-bond donors (Lipinski definition) is 0. The highest BCUT2D eigenvalue weighted by Gasteiger charge is 2.32. The Morgan fingerprint density at radius 2 is 1.20 bits per heavy atom. The summed E-state index contributed by atoms with van der Waals surface area (Å²) < 4.78 is 0. The molecule has 0 heterocycles. The number of fused-ring (bicyclic) bond motifs is 3. The van der Waals surface area contributed by atoms with Crippen LogP contribution in [0.15, 0.2) is 66.7 Å². The topological polar surface area (TPSA) is 34.1 Å². The van der Waals surface area contributed by atoms with Crippen LogP contribution < -0.4 is 0 Å². The van der Waals surface area contributed by atoms with E-state index in [0.29, 0.717) is 17.0 Å². The molecule has 4 rings (SSSR count). The van der Waals surface area contributed by atoms with Crippen LogP contribution in [0.4, 0.5) is 0 Å². The largest absolute Gasteiger partial charge is 0.285 e. The third-order valence-corrected chi connectivity index (χ3v) is 4.85. The Morgan fingerprint density at radius 1 is 0.600 bits per heavy atom. The molecule has 0 aromatic heterocycles. The van der Waals surface area contributed by atoms with Crippen molar-refractivity contribution < 1.29 is 9.59 Å². The highest BCUT2D eigenvalue weighted by atomic mass is 16.2. The van der Waals surface area contributed by atoms with Crippen LogP contribution in [0, 0.1) is 0 Å². The Kier molecular flexibility index (Phi) is 3.61. The fourth-order valence-electron chi connectivity index (χ4n) is 3.46. The number of hydrogen-bond acceptors (Lipinski definition) is 2. The van der Waals surface area contributed by atoms with E-state index in [9.17, 15) is 9.59 Å². The molecule has 25 heavy (non-hydrogen) atoms. The van der Waals surface area contributed by atoms with E-state index < -0.39 is 11.6 Å². The molecule has 0 N–H and O–H groups in total. The van der Waals surface area contributed by atoms with Crippen molar-refractivity contribution in [3.63, 3.8) is 0 Å². The summed E-state index contributed by atoms with van der Waals surface area (Å²) in [6.07, 6.45) is 0. The molecule has 3 aromatic rings. The molecular weight excluding hydrogens is 308 g/mol. The maximum atomic E-state index is 12.8. The summed E-state index contributed by atoms with van der Waals surface area (Å²) in [7, 11) is 0. The number of carbonyl (C=O) groups is 2. The predicted molar refractivity (Wildman–Crippen MR) is 100 cm³/mol. The molecule has 0 amide bonds. The molecular formula is C23H18O2. The summed E-state index contributed by atoms with van der Waals surface area (Å²) in [5, 5.41) is 0. The Bertz CT molecular complexity index is 995. The molecule has 0 unspecified atom stereocenters. The number of carbonyl (C=O) groups excluding carboxylic acids is 2. The summed E-state index contributed by atoms with van der Waals surface area (Å²) in [5.74, 6) is -0.389. The minimum atomic E-state index is -0.422. The van der Waals surface area contributed by atoms with E-state index in [1.165, 1.54) is 5.56 Å². The van der Waals surface area contributed by atoms with Crippen molar-refractivity contribution in [2.24, 2.45) is 0 Å². The van der Waals surface area contributed by atoms with Gasteiger partial charge in [-0.3, -0.25) is 9.59 Å². The number of rotatable bonds is 2. The van der Waals surface area contributed by atoms with Gasteiger partial charge in [0.25, 0.3) is 0 Å². The normalized spacial score (nSPS) is 12.9. The number of ketones is 2. The van der Waals surface area contributed by atoms with Crippen LogP contribution in [-0.4, -0.2) is 11.6 Å². The van der Waals surface area contributed by atoms with Gasteiger partial charge in [0.1, 0.15) is 0 Å². The van der Waals surface area contributed by atoms with Crippen molar-refractivity contribution in [2.75, 3.05) is 0 Å². The van der Waals surface area contributed by atoms with Crippen LogP contribution in [0.1, 0.15) is 46.0 Å². The maximum Gasteiger partial charge on any atom is 0.234 e. The second kappa shape index (κ2) is 5.82. The molecule has 0 aliphatic heterocycles. The van der Waals surface area contributed by atoms with E-state index in [1.54, 1.807) is 12.1 Å². The molecule has 0 saturated heterocycles. The lowest BCUT2D eigenvalue weighted by atomic mass is 9.80. The van der Waals surface area contributed by atoms with Gasteiger partial charge < -0.3 is 0 Å². The van der Waals surface area contributed by atoms with Crippen molar-refractivity contribution in [1.29, 1.82) is 0 Å². The van der Waals surface area contributed by atoms with Gasteiger partial charge >= 0.3 is 0 Å². The first-order valence-corrected chi connectivity index (χ1v) is 8.49. The second-order valence-electron chi connectivity index (χ2n) is 6.71. The summed E-state index contributed by atoms with van der Waals surface area (Å²) in [6, 6.07) is 21.3. The lowest BCUT2D eigenvalue weighted by Crippen LogP contribution is -2.22. The molecule has 0 saturated carbocycles. The molecule has 0 spiro atoms. The average molecular weight is 326 g/mol. The zero-order valence-electron chi connectivity index (χ0n) is 14.2. The van der Waals surface area contributed by atoms with E-state index in [4.69, 9.17) is 0 Å². The van der Waals surface area contributed by atoms with Crippen LogP contribution in [0.25, 0.3) is 22.3 Å². The van der Waals surface area contributed by atoms with E-state index in [0.717, 1.165) is 22.3 Å². The Labute approximate surface area is 147 Å². The standard InChI is InChI=1S/C23H18O2/c1-14(2)15-10-12-16(13-11-15)17-8-5-9-19-18-6-3-4-7-20(18)22(24)23(25)21(17)19/h3-14H,1-2H3. The molecule has 1 aliphatic carbocycles. The van der Waals surface area contributed by atoms with Crippen LogP contribution in [0.5, 0.6) is 0 Å². The third kappa shape index (κ3) is 2.42. The Hall–Kier alpha value is -3.00. The molecule has 0 bridgehead atoms. The molecule has 0 atom stereocenters. The van der Waals surface area contributed by atoms with Gasteiger partial charge in [-0.25, -0.2) is 0 Å².